The lowest BCUT2D eigenvalue weighted by Crippen LogP contribution is -2.26. The molecule has 3 rings (SSSR count). The number of rotatable bonds is 9. The third kappa shape index (κ3) is 7.49. The topological polar surface area (TPSA) is 106 Å². The van der Waals surface area contributed by atoms with Crippen molar-refractivity contribution in [2.75, 3.05) is 27.2 Å². The Morgan fingerprint density at radius 2 is 1.76 bits per heavy atom. The van der Waals surface area contributed by atoms with Crippen molar-refractivity contribution in [3.05, 3.63) is 75.0 Å². The average molecular weight is 512 g/mol. The van der Waals surface area contributed by atoms with Gasteiger partial charge in [0.25, 0.3) is 5.56 Å². The average Bonchev–Trinajstić information content (AvgIpc) is 2.98. The lowest BCUT2D eigenvalue weighted by Gasteiger charge is -2.29. The van der Waals surface area contributed by atoms with Crippen molar-refractivity contribution in [3.63, 3.8) is 0 Å². The maximum absolute atomic E-state index is 12.4. The standard InChI is InChI=1S/C26H33N3O5.C3H8/c1-6-29(16(2)15-34-19-12-10-18(11-13-19)14-28(4)5)21-9-7-8-20-23(17(21)3)27-25(31)22(24(20)30)26(32)33;1-3-2/h10-13H,2,6-9,14-15H2,1,3-5H3,(H,32,33)(H2,27,30,31);3H2,1-2H3. The van der Waals surface area contributed by atoms with Gasteiger partial charge in [0, 0.05) is 30.0 Å². The van der Waals surface area contributed by atoms with Gasteiger partial charge < -0.3 is 29.7 Å². The molecule has 8 nitrogen and oxygen atoms in total. The minimum Gasteiger partial charge on any atom is -0.506 e. The van der Waals surface area contributed by atoms with Gasteiger partial charge in [-0.2, -0.15) is 0 Å². The molecule has 0 saturated carbocycles. The van der Waals surface area contributed by atoms with Crippen LogP contribution in [0.2, 0.25) is 0 Å². The number of pyridine rings is 1. The first kappa shape index (κ1) is 29.7. The number of hydrogen-bond acceptors (Lipinski definition) is 6. The number of carboxylic acid groups (broad SMARTS) is 1. The summed E-state index contributed by atoms with van der Waals surface area (Å²) in [6.07, 6.45) is 3.09. The number of H-pyrrole nitrogens is 1. The number of benzene rings is 1. The van der Waals surface area contributed by atoms with E-state index in [-0.39, 0.29) is 0 Å². The van der Waals surface area contributed by atoms with Gasteiger partial charge in [0.15, 0.2) is 5.56 Å². The highest BCUT2D eigenvalue weighted by molar-refractivity contribution is 5.91. The van der Waals surface area contributed by atoms with Crippen LogP contribution in [-0.2, 0) is 13.0 Å². The molecule has 0 radical (unpaired) electrons. The van der Waals surface area contributed by atoms with E-state index in [4.69, 9.17) is 4.74 Å². The molecule has 0 atom stereocenters. The largest absolute Gasteiger partial charge is 0.506 e. The second-order valence-electron chi connectivity index (χ2n) is 9.45. The predicted octanol–water partition coefficient (Wildman–Crippen LogP) is 5.24. The van der Waals surface area contributed by atoms with Crippen molar-refractivity contribution in [2.24, 2.45) is 0 Å². The third-order valence-corrected chi connectivity index (χ3v) is 6.00. The van der Waals surface area contributed by atoms with E-state index in [9.17, 15) is 19.8 Å². The number of ether oxygens (including phenoxy) is 1. The van der Waals surface area contributed by atoms with Crippen LogP contribution in [0.5, 0.6) is 11.5 Å². The van der Waals surface area contributed by atoms with Crippen LogP contribution < -0.4 is 10.3 Å². The number of allylic oxidation sites excluding steroid dienone is 2. The van der Waals surface area contributed by atoms with E-state index in [2.05, 4.69) is 35.2 Å². The molecule has 0 saturated heterocycles. The fourth-order valence-corrected chi connectivity index (χ4v) is 4.40. The summed E-state index contributed by atoms with van der Waals surface area (Å²) in [5.74, 6) is -1.13. The second-order valence-corrected chi connectivity index (χ2v) is 9.45. The summed E-state index contributed by atoms with van der Waals surface area (Å²) in [6, 6.07) is 7.97. The number of carboxylic acids is 1. The summed E-state index contributed by atoms with van der Waals surface area (Å²) < 4.78 is 5.98. The van der Waals surface area contributed by atoms with Crippen LogP contribution in [0, 0.1) is 0 Å². The van der Waals surface area contributed by atoms with Crippen LogP contribution in [0.3, 0.4) is 0 Å². The molecule has 0 bridgehead atoms. The highest BCUT2D eigenvalue weighted by Crippen LogP contribution is 2.36. The number of nitrogens with zero attached hydrogens (tertiary/aromatic N) is 2. The molecular weight excluding hydrogens is 470 g/mol. The molecule has 2 aromatic rings. The third-order valence-electron chi connectivity index (χ3n) is 6.00. The highest BCUT2D eigenvalue weighted by atomic mass is 16.5. The van der Waals surface area contributed by atoms with Crippen molar-refractivity contribution < 1.29 is 19.7 Å². The first-order valence-corrected chi connectivity index (χ1v) is 12.8. The molecule has 1 heterocycles. The Hall–Kier alpha value is -3.52. The van der Waals surface area contributed by atoms with E-state index in [0.717, 1.165) is 29.3 Å². The number of aromatic nitrogens is 1. The van der Waals surface area contributed by atoms with Gasteiger partial charge in [-0.25, -0.2) is 4.79 Å². The Labute approximate surface area is 219 Å². The van der Waals surface area contributed by atoms with E-state index in [0.29, 0.717) is 43.7 Å². The summed E-state index contributed by atoms with van der Waals surface area (Å²) in [4.78, 5) is 30.6. The van der Waals surface area contributed by atoms with Crippen molar-refractivity contribution >= 4 is 11.5 Å². The van der Waals surface area contributed by atoms with Crippen LogP contribution in [0.4, 0.5) is 0 Å². The van der Waals surface area contributed by atoms with Crippen LogP contribution in [0.1, 0.15) is 74.1 Å². The Morgan fingerprint density at radius 3 is 2.30 bits per heavy atom. The minimum atomic E-state index is -1.44. The Kier molecular flexibility index (Phi) is 11.0. The highest BCUT2D eigenvalue weighted by Gasteiger charge is 2.27. The monoisotopic (exact) mass is 511 g/mol. The van der Waals surface area contributed by atoms with Crippen molar-refractivity contribution in [2.45, 2.75) is 59.9 Å². The Morgan fingerprint density at radius 1 is 1.14 bits per heavy atom. The molecule has 0 aliphatic heterocycles. The maximum atomic E-state index is 12.4. The smallest absolute Gasteiger partial charge is 0.345 e. The quantitative estimate of drug-likeness (QED) is 0.423. The molecule has 1 aromatic heterocycles. The normalized spacial score (nSPS) is 12.8. The molecular formula is C29H41N3O5. The lowest BCUT2D eigenvalue weighted by molar-refractivity contribution is 0.0691. The molecule has 0 amide bonds. The summed E-state index contributed by atoms with van der Waals surface area (Å²) in [6.45, 7) is 14.2. The lowest BCUT2D eigenvalue weighted by atomic mass is 10.0. The summed E-state index contributed by atoms with van der Waals surface area (Å²) in [7, 11) is 4.05. The first-order valence-electron chi connectivity index (χ1n) is 12.8. The summed E-state index contributed by atoms with van der Waals surface area (Å²) in [5, 5.41) is 19.8. The van der Waals surface area contributed by atoms with Gasteiger partial charge in [0.05, 0.1) is 5.69 Å². The van der Waals surface area contributed by atoms with Crippen LogP contribution in [-0.4, -0.2) is 58.2 Å². The zero-order valence-corrected chi connectivity index (χ0v) is 23.0. The van der Waals surface area contributed by atoms with Gasteiger partial charge >= 0.3 is 5.97 Å². The Bertz CT molecular complexity index is 1180. The molecule has 37 heavy (non-hydrogen) atoms. The zero-order valence-electron chi connectivity index (χ0n) is 23.0. The number of fused-ring (bicyclic) bond motifs is 1. The van der Waals surface area contributed by atoms with Gasteiger partial charge in [-0.3, -0.25) is 4.79 Å². The number of hydrogen-bond donors (Lipinski definition) is 3. The molecule has 1 aromatic carbocycles. The summed E-state index contributed by atoms with van der Waals surface area (Å²) >= 11 is 0. The fourth-order valence-electron chi connectivity index (χ4n) is 4.40. The van der Waals surface area contributed by atoms with E-state index >= 15 is 0 Å². The molecule has 1 aliphatic carbocycles. The van der Waals surface area contributed by atoms with Gasteiger partial charge in [-0.05, 0) is 70.5 Å². The summed E-state index contributed by atoms with van der Waals surface area (Å²) in [5.41, 5.74) is 3.23. The van der Waals surface area contributed by atoms with E-state index in [1.807, 2.05) is 52.2 Å². The Balaban J connectivity index is 0.00000153. The van der Waals surface area contributed by atoms with Crippen LogP contribution >= 0.6 is 0 Å². The van der Waals surface area contributed by atoms with Crippen molar-refractivity contribution in [1.82, 2.24) is 14.8 Å². The number of nitrogens with one attached hydrogen (secondary N) is 1. The zero-order chi connectivity index (χ0) is 27.7. The molecule has 0 fully saturated rings. The van der Waals surface area contributed by atoms with E-state index in [1.54, 1.807) is 0 Å². The number of likely N-dealkylation sites (N-methyl/N-ethyl adjacent to an activating group) is 1. The molecule has 0 unspecified atom stereocenters. The number of aromatic carboxylic acids is 1. The molecule has 8 heteroatoms. The van der Waals surface area contributed by atoms with Gasteiger partial charge in [0.1, 0.15) is 18.1 Å². The van der Waals surface area contributed by atoms with Gasteiger partial charge in [-0.1, -0.05) is 39.0 Å². The van der Waals surface area contributed by atoms with Crippen LogP contribution in [0.25, 0.3) is 5.57 Å². The first-order chi connectivity index (χ1) is 17.5. The molecule has 1 aliphatic rings. The van der Waals surface area contributed by atoms with Gasteiger partial charge in [-0.15, -0.1) is 0 Å². The fraction of sp³-hybridized carbons (Fsp3) is 0.448. The number of aromatic amines is 1. The van der Waals surface area contributed by atoms with E-state index in [1.165, 1.54) is 12.0 Å². The number of carbonyl (C=O) groups is 1. The van der Waals surface area contributed by atoms with Gasteiger partial charge in [0.2, 0.25) is 0 Å². The predicted molar refractivity (Wildman–Crippen MR) is 148 cm³/mol. The molecule has 202 valence electrons. The number of aromatic hydroxyl groups is 1. The molecule has 0 spiro atoms. The van der Waals surface area contributed by atoms with Crippen molar-refractivity contribution in [3.8, 4) is 11.5 Å². The van der Waals surface area contributed by atoms with E-state index < -0.39 is 22.8 Å². The SMILES string of the molecule is C=C(COc1ccc(CN(C)C)cc1)N(CC)C1=C(C)c2[nH]c(=O)c(C(=O)O)c(O)c2CCC1.CCC. The van der Waals surface area contributed by atoms with Crippen LogP contribution in [0.15, 0.2) is 47.0 Å². The minimum absolute atomic E-state index is 0.296. The molecule has 3 N–H and O–H groups in total. The maximum Gasteiger partial charge on any atom is 0.345 e. The second kappa shape index (κ2) is 13.7. The van der Waals surface area contributed by atoms with Crippen molar-refractivity contribution in [1.29, 1.82) is 0 Å².